The summed E-state index contributed by atoms with van der Waals surface area (Å²) in [5.41, 5.74) is 7.29. The van der Waals surface area contributed by atoms with E-state index in [0.29, 0.717) is 0 Å². The van der Waals surface area contributed by atoms with Gasteiger partial charge in [0.25, 0.3) is 0 Å². The highest BCUT2D eigenvalue weighted by molar-refractivity contribution is 6.03. The molecule has 2 aromatic carbocycles. The van der Waals surface area contributed by atoms with Crippen molar-refractivity contribution < 1.29 is 4.74 Å². The molecule has 3 rings (SSSR count). The molecule has 2 heteroatoms. The van der Waals surface area contributed by atoms with Gasteiger partial charge in [-0.15, -0.1) is 0 Å². The Morgan fingerprint density at radius 3 is 2.36 bits per heavy atom. The average Bonchev–Trinajstić information content (AvgIpc) is 2.70. The van der Waals surface area contributed by atoms with Crippen LogP contribution >= 0.6 is 0 Å². The predicted octanol–water partition coefficient (Wildman–Crippen LogP) is 5.16. The number of rotatable bonds is 2. The summed E-state index contributed by atoms with van der Waals surface area (Å²) < 4.78 is 5.45. The number of hydrogen-bond donors (Lipinski definition) is 0. The number of fused-ring (bicyclic) bond motifs is 1. The molecule has 114 valence electrons. The van der Waals surface area contributed by atoms with Crippen molar-refractivity contribution in [2.24, 2.45) is 4.99 Å². The molecule has 2 nitrogen and oxygen atoms in total. The number of hydrogen-bond acceptors (Lipinski definition) is 2. The Balaban J connectivity index is 2.05. The van der Waals surface area contributed by atoms with Crippen LogP contribution in [0.25, 0.3) is 0 Å². The summed E-state index contributed by atoms with van der Waals surface area (Å²) in [6.07, 6.45) is 4.68. The van der Waals surface area contributed by atoms with Gasteiger partial charge in [0.05, 0.1) is 12.8 Å². The summed E-state index contributed by atoms with van der Waals surface area (Å²) in [5.74, 6) is 0.963. The van der Waals surface area contributed by atoms with Crippen molar-refractivity contribution in [3.05, 3.63) is 58.7 Å². The third-order valence-corrected chi connectivity index (χ3v) is 4.35. The first-order chi connectivity index (χ1) is 10.7. The summed E-state index contributed by atoms with van der Waals surface area (Å²) in [6, 6.07) is 12.9. The first kappa shape index (κ1) is 14.8. The molecule has 2 aromatic rings. The van der Waals surface area contributed by atoms with Crippen molar-refractivity contribution in [2.75, 3.05) is 7.11 Å². The molecule has 1 aliphatic carbocycles. The second kappa shape index (κ2) is 6.35. The molecule has 0 amide bonds. The fraction of sp³-hybridized carbons (Fsp3) is 0.350. The van der Waals surface area contributed by atoms with Crippen molar-refractivity contribution >= 4 is 11.4 Å². The van der Waals surface area contributed by atoms with Gasteiger partial charge in [-0.2, -0.15) is 0 Å². The molecule has 0 N–H and O–H groups in total. The average molecular weight is 293 g/mol. The summed E-state index contributed by atoms with van der Waals surface area (Å²) >= 11 is 0. The fourth-order valence-electron chi connectivity index (χ4n) is 3.35. The highest BCUT2D eigenvalue weighted by atomic mass is 16.5. The smallest absolute Gasteiger partial charge is 0.124 e. The molecular formula is C20H23NO. The van der Waals surface area contributed by atoms with Crippen molar-refractivity contribution in [1.29, 1.82) is 0 Å². The van der Waals surface area contributed by atoms with E-state index in [9.17, 15) is 0 Å². The molecule has 1 aliphatic rings. The zero-order chi connectivity index (χ0) is 15.5. The molecule has 0 radical (unpaired) electrons. The van der Waals surface area contributed by atoms with E-state index in [1.807, 2.05) is 0 Å². The minimum atomic E-state index is 0.963. The van der Waals surface area contributed by atoms with Gasteiger partial charge in [0.1, 0.15) is 5.75 Å². The van der Waals surface area contributed by atoms with E-state index in [1.165, 1.54) is 29.7 Å². The Bertz CT molecular complexity index is 692. The fourth-order valence-corrected chi connectivity index (χ4v) is 3.35. The van der Waals surface area contributed by atoms with Gasteiger partial charge in [0, 0.05) is 5.71 Å². The Hall–Kier alpha value is -2.09. The monoisotopic (exact) mass is 293 g/mol. The normalized spacial score (nSPS) is 16.2. The van der Waals surface area contributed by atoms with Crippen molar-refractivity contribution in [3.8, 4) is 5.75 Å². The van der Waals surface area contributed by atoms with Gasteiger partial charge in [-0.3, -0.25) is 4.99 Å². The zero-order valence-electron chi connectivity index (χ0n) is 13.6. The highest BCUT2D eigenvalue weighted by Gasteiger charge is 2.14. The maximum Gasteiger partial charge on any atom is 0.124 e. The summed E-state index contributed by atoms with van der Waals surface area (Å²) in [4.78, 5) is 4.98. The number of nitrogens with zero attached hydrogens (tertiary/aromatic N) is 1. The number of methoxy groups -OCH3 is 1. The van der Waals surface area contributed by atoms with E-state index < -0.39 is 0 Å². The maximum absolute atomic E-state index is 5.45. The van der Waals surface area contributed by atoms with Crippen LogP contribution < -0.4 is 4.74 Å². The second-order valence-corrected chi connectivity index (χ2v) is 6.04. The topological polar surface area (TPSA) is 21.6 Å². The number of aliphatic imine (C=N–C) groups is 1. The molecule has 0 saturated heterocycles. The first-order valence-corrected chi connectivity index (χ1v) is 8.00. The van der Waals surface area contributed by atoms with Crippen LogP contribution in [0.1, 0.15) is 41.5 Å². The van der Waals surface area contributed by atoms with Gasteiger partial charge in [-0.25, -0.2) is 0 Å². The summed E-state index contributed by atoms with van der Waals surface area (Å²) in [7, 11) is 1.72. The quantitative estimate of drug-likeness (QED) is 0.701. The van der Waals surface area contributed by atoms with Crippen LogP contribution in [0.2, 0.25) is 0 Å². The van der Waals surface area contributed by atoms with Crippen molar-refractivity contribution in [2.45, 2.75) is 39.5 Å². The maximum atomic E-state index is 5.45. The molecule has 0 bridgehead atoms. The van der Waals surface area contributed by atoms with Gasteiger partial charge in [0.15, 0.2) is 0 Å². The molecule has 0 aromatic heterocycles. The van der Waals surface area contributed by atoms with E-state index in [-0.39, 0.29) is 0 Å². The van der Waals surface area contributed by atoms with Gasteiger partial charge in [0.2, 0.25) is 0 Å². The Morgan fingerprint density at radius 2 is 1.64 bits per heavy atom. The third kappa shape index (κ3) is 2.92. The minimum Gasteiger partial charge on any atom is -0.496 e. The zero-order valence-corrected chi connectivity index (χ0v) is 13.6. The molecule has 22 heavy (non-hydrogen) atoms. The third-order valence-electron chi connectivity index (χ3n) is 4.35. The molecule has 0 heterocycles. The van der Waals surface area contributed by atoms with E-state index in [2.05, 4.69) is 50.2 Å². The lowest BCUT2D eigenvalue weighted by Crippen LogP contribution is -2.01. The van der Waals surface area contributed by atoms with Gasteiger partial charge in [-0.1, -0.05) is 24.3 Å². The standard InChI is InChI=1S/C20H23NO/c1-14-12-17(13-15(2)20(14)22-3)21-19-11-7-5-9-16-8-4-6-10-18(16)19/h4,6,8,10,12-13H,5,7,9,11H2,1-3H3. The van der Waals surface area contributed by atoms with Gasteiger partial charge < -0.3 is 4.74 Å². The minimum absolute atomic E-state index is 0.963. The molecule has 0 saturated carbocycles. The van der Waals surface area contributed by atoms with Crippen LogP contribution in [0.3, 0.4) is 0 Å². The predicted molar refractivity (Wildman–Crippen MR) is 92.7 cm³/mol. The SMILES string of the molecule is COc1c(C)cc(N=C2CCCCc3ccccc32)cc1C. The highest BCUT2D eigenvalue weighted by Crippen LogP contribution is 2.30. The molecule has 0 spiro atoms. The second-order valence-electron chi connectivity index (χ2n) is 6.04. The van der Waals surface area contributed by atoms with Crippen LogP contribution in [0, 0.1) is 13.8 Å². The lowest BCUT2D eigenvalue weighted by molar-refractivity contribution is 0.408. The molecule has 0 unspecified atom stereocenters. The van der Waals surface area contributed by atoms with Crippen LogP contribution in [-0.2, 0) is 6.42 Å². The van der Waals surface area contributed by atoms with E-state index in [4.69, 9.17) is 9.73 Å². The van der Waals surface area contributed by atoms with E-state index >= 15 is 0 Å². The Labute approximate surface area is 132 Å². The van der Waals surface area contributed by atoms with Crippen molar-refractivity contribution in [1.82, 2.24) is 0 Å². The largest absolute Gasteiger partial charge is 0.496 e. The lowest BCUT2D eigenvalue weighted by Gasteiger charge is -2.11. The number of benzene rings is 2. The summed E-state index contributed by atoms with van der Waals surface area (Å²) in [6.45, 7) is 4.16. The van der Waals surface area contributed by atoms with E-state index in [0.717, 1.165) is 35.4 Å². The first-order valence-electron chi connectivity index (χ1n) is 8.00. The Morgan fingerprint density at radius 1 is 0.955 bits per heavy atom. The number of ether oxygens (including phenoxy) is 1. The van der Waals surface area contributed by atoms with Crippen LogP contribution in [0.15, 0.2) is 41.4 Å². The molecule has 0 fully saturated rings. The lowest BCUT2D eigenvalue weighted by atomic mass is 10.0. The van der Waals surface area contributed by atoms with Crippen molar-refractivity contribution in [3.63, 3.8) is 0 Å². The van der Waals surface area contributed by atoms with E-state index in [1.54, 1.807) is 7.11 Å². The van der Waals surface area contributed by atoms with Gasteiger partial charge in [-0.05, 0) is 73.9 Å². The molecule has 0 atom stereocenters. The Kier molecular flexibility index (Phi) is 4.28. The van der Waals surface area contributed by atoms with Crippen LogP contribution in [0.4, 0.5) is 5.69 Å². The summed E-state index contributed by atoms with van der Waals surface area (Å²) in [5, 5.41) is 0. The molecular weight excluding hydrogens is 270 g/mol. The van der Waals surface area contributed by atoms with Gasteiger partial charge >= 0.3 is 0 Å². The molecule has 0 aliphatic heterocycles. The van der Waals surface area contributed by atoms with Crippen LogP contribution in [0.5, 0.6) is 5.75 Å². The number of aryl methyl sites for hydroxylation is 3. The van der Waals surface area contributed by atoms with Crippen LogP contribution in [-0.4, -0.2) is 12.8 Å².